The third kappa shape index (κ3) is 5.83. The standard InChI is InChI=1S/C15H21BrN2O3/c1-11-7-12(9-13(8-11)18(20)21)14(19)17-10-15(2,3)5-4-6-16/h7-9H,4-6,10H2,1-3H3,(H,17,19). The number of aryl methyl sites for hydroxylation is 1. The third-order valence-corrected chi connectivity index (χ3v) is 3.81. The van der Waals surface area contributed by atoms with Crippen LogP contribution in [0.4, 0.5) is 5.69 Å². The van der Waals surface area contributed by atoms with E-state index in [0.29, 0.717) is 17.7 Å². The summed E-state index contributed by atoms with van der Waals surface area (Å²) < 4.78 is 0. The van der Waals surface area contributed by atoms with Crippen LogP contribution in [-0.2, 0) is 0 Å². The highest BCUT2D eigenvalue weighted by atomic mass is 79.9. The summed E-state index contributed by atoms with van der Waals surface area (Å²) in [5, 5.41) is 14.6. The Labute approximate surface area is 133 Å². The number of hydrogen-bond donors (Lipinski definition) is 1. The van der Waals surface area contributed by atoms with Crippen molar-refractivity contribution in [3.05, 3.63) is 39.4 Å². The molecule has 1 aromatic carbocycles. The van der Waals surface area contributed by atoms with Crippen LogP contribution in [0.5, 0.6) is 0 Å². The van der Waals surface area contributed by atoms with Crippen molar-refractivity contribution in [3.8, 4) is 0 Å². The molecule has 5 nitrogen and oxygen atoms in total. The van der Waals surface area contributed by atoms with Crippen LogP contribution in [0.2, 0.25) is 0 Å². The van der Waals surface area contributed by atoms with Crippen molar-refractivity contribution in [2.45, 2.75) is 33.6 Å². The third-order valence-electron chi connectivity index (χ3n) is 3.25. The number of rotatable bonds is 7. The number of hydrogen-bond acceptors (Lipinski definition) is 3. The number of nitrogens with one attached hydrogen (secondary N) is 1. The van der Waals surface area contributed by atoms with E-state index in [-0.39, 0.29) is 17.0 Å². The number of nitro groups is 1. The molecule has 0 aliphatic carbocycles. The number of amides is 1. The highest BCUT2D eigenvalue weighted by Crippen LogP contribution is 2.22. The van der Waals surface area contributed by atoms with Gasteiger partial charge in [0.05, 0.1) is 4.92 Å². The van der Waals surface area contributed by atoms with Gasteiger partial charge in [-0.1, -0.05) is 29.8 Å². The van der Waals surface area contributed by atoms with Crippen molar-refractivity contribution in [1.29, 1.82) is 0 Å². The Kier molecular flexibility index (Phi) is 6.33. The van der Waals surface area contributed by atoms with Gasteiger partial charge in [-0.05, 0) is 36.8 Å². The summed E-state index contributed by atoms with van der Waals surface area (Å²) in [5.41, 5.74) is 0.976. The molecule has 116 valence electrons. The van der Waals surface area contributed by atoms with Crippen LogP contribution in [0.15, 0.2) is 18.2 Å². The molecule has 0 bridgehead atoms. The molecule has 0 saturated heterocycles. The van der Waals surface area contributed by atoms with Crippen LogP contribution >= 0.6 is 15.9 Å². The van der Waals surface area contributed by atoms with Gasteiger partial charge in [0, 0.05) is 29.6 Å². The lowest BCUT2D eigenvalue weighted by Gasteiger charge is -2.24. The molecule has 0 heterocycles. The topological polar surface area (TPSA) is 72.2 Å². The molecule has 0 atom stereocenters. The van der Waals surface area contributed by atoms with Gasteiger partial charge in [-0.25, -0.2) is 0 Å². The summed E-state index contributed by atoms with van der Waals surface area (Å²) in [4.78, 5) is 22.5. The maximum atomic E-state index is 12.1. The maximum absolute atomic E-state index is 12.1. The van der Waals surface area contributed by atoms with E-state index < -0.39 is 4.92 Å². The molecule has 0 fully saturated rings. The number of nitrogens with zero attached hydrogens (tertiary/aromatic N) is 1. The van der Waals surface area contributed by atoms with Crippen molar-refractivity contribution in [2.24, 2.45) is 5.41 Å². The van der Waals surface area contributed by atoms with Crippen molar-refractivity contribution in [3.63, 3.8) is 0 Å². The predicted octanol–water partition coefficient (Wildman–Crippen LogP) is 3.83. The van der Waals surface area contributed by atoms with E-state index in [0.717, 1.165) is 18.2 Å². The Hall–Kier alpha value is -1.43. The lowest BCUT2D eigenvalue weighted by atomic mass is 9.88. The van der Waals surface area contributed by atoms with E-state index in [1.807, 2.05) is 0 Å². The largest absolute Gasteiger partial charge is 0.351 e. The quantitative estimate of drug-likeness (QED) is 0.458. The minimum absolute atomic E-state index is 0.000805. The Morgan fingerprint density at radius 2 is 2.05 bits per heavy atom. The van der Waals surface area contributed by atoms with Gasteiger partial charge in [-0.2, -0.15) is 0 Å². The van der Waals surface area contributed by atoms with Crippen molar-refractivity contribution < 1.29 is 9.72 Å². The SMILES string of the molecule is Cc1cc(C(=O)NCC(C)(C)CCCBr)cc([N+](=O)[O-])c1. The van der Waals surface area contributed by atoms with Crippen LogP contribution in [0.25, 0.3) is 0 Å². The molecular weight excluding hydrogens is 336 g/mol. The van der Waals surface area contributed by atoms with Gasteiger partial charge in [0.2, 0.25) is 0 Å². The lowest BCUT2D eigenvalue weighted by molar-refractivity contribution is -0.384. The average Bonchev–Trinajstić information content (AvgIpc) is 2.42. The monoisotopic (exact) mass is 356 g/mol. The Balaban J connectivity index is 2.74. The Morgan fingerprint density at radius 3 is 2.62 bits per heavy atom. The maximum Gasteiger partial charge on any atom is 0.270 e. The fourth-order valence-corrected chi connectivity index (χ4v) is 2.34. The van der Waals surface area contributed by atoms with Crippen LogP contribution < -0.4 is 5.32 Å². The highest BCUT2D eigenvalue weighted by Gasteiger charge is 2.19. The second-order valence-corrected chi connectivity index (χ2v) is 6.75. The predicted molar refractivity (Wildman–Crippen MR) is 87.0 cm³/mol. The van der Waals surface area contributed by atoms with Crippen molar-refractivity contribution in [2.75, 3.05) is 11.9 Å². The van der Waals surface area contributed by atoms with E-state index in [2.05, 4.69) is 35.1 Å². The number of carbonyl (C=O) groups excluding carboxylic acids is 1. The smallest absolute Gasteiger partial charge is 0.270 e. The first kappa shape index (κ1) is 17.6. The zero-order valence-corrected chi connectivity index (χ0v) is 14.2. The normalized spacial score (nSPS) is 11.2. The van der Waals surface area contributed by atoms with Crippen molar-refractivity contribution >= 4 is 27.5 Å². The zero-order valence-electron chi connectivity index (χ0n) is 12.6. The number of carbonyl (C=O) groups is 1. The van der Waals surface area contributed by atoms with Gasteiger partial charge >= 0.3 is 0 Å². The molecule has 1 aromatic rings. The molecule has 0 aliphatic heterocycles. The molecule has 0 unspecified atom stereocenters. The van der Waals surface area contributed by atoms with E-state index >= 15 is 0 Å². The summed E-state index contributed by atoms with van der Waals surface area (Å²) >= 11 is 3.40. The second-order valence-electron chi connectivity index (χ2n) is 5.95. The highest BCUT2D eigenvalue weighted by molar-refractivity contribution is 9.09. The van der Waals surface area contributed by atoms with Crippen LogP contribution in [0.1, 0.15) is 42.6 Å². The lowest BCUT2D eigenvalue weighted by Crippen LogP contribution is -2.34. The van der Waals surface area contributed by atoms with Gasteiger partial charge in [0.1, 0.15) is 0 Å². The average molecular weight is 357 g/mol. The molecule has 1 N–H and O–H groups in total. The molecule has 1 amide bonds. The molecule has 0 aromatic heterocycles. The fourth-order valence-electron chi connectivity index (χ4n) is 2.05. The first-order chi connectivity index (χ1) is 9.75. The Morgan fingerprint density at radius 1 is 1.38 bits per heavy atom. The van der Waals surface area contributed by atoms with Crippen LogP contribution in [0, 0.1) is 22.5 Å². The van der Waals surface area contributed by atoms with Crippen molar-refractivity contribution in [1.82, 2.24) is 5.32 Å². The summed E-state index contributed by atoms with van der Waals surface area (Å²) in [6.45, 7) is 6.47. The Bertz CT molecular complexity index is 530. The first-order valence-electron chi connectivity index (χ1n) is 6.85. The molecule has 6 heteroatoms. The van der Waals surface area contributed by atoms with Gasteiger partial charge in [-0.3, -0.25) is 14.9 Å². The molecule has 0 radical (unpaired) electrons. The summed E-state index contributed by atoms with van der Waals surface area (Å²) in [7, 11) is 0. The van der Waals surface area contributed by atoms with E-state index in [4.69, 9.17) is 0 Å². The van der Waals surface area contributed by atoms with Crippen LogP contribution in [0.3, 0.4) is 0 Å². The summed E-state index contributed by atoms with van der Waals surface area (Å²) in [6.07, 6.45) is 2.03. The minimum atomic E-state index is -0.482. The molecule has 0 saturated carbocycles. The zero-order chi connectivity index (χ0) is 16.0. The van der Waals surface area contributed by atoms with Gasteiger partial charge < -0.3 is 5.32 Å². The molecule has 21 heavy (non-hydrogen) atoms. The molecule has 0 spiro atoms. The van der Waals surface area contributed by atoms with Gasteiger partial charge in [0.25, 0.3) is 11.6 Å². The number of halogens is 1. The first-order valence-corrected chi connectivity index (χ1v) is 7.97. The number of nitro benzene ring substituents is 1. The minimum Gasteiger partial charge on any atom is -0.351 e. The second kappa shape index (κ2) is 7.54. The molecular formula is C15H21BrN2O3. The van der Waals surface area contributed by atoms with Crippen LogP contribution in [-0.4, -0.2) is 22.7 Å². The van der Waals surface area contributed by atoms with E-state index in [1.54, 1.807) is 13.0 Å². The van der Waals surface area contributed by atoms with Gasteiger partial charge in [-0.15, -0.1) is 0 Å². The number of benzene rings is 1. The van der Waals surface area contributed by atoms with E-state index in [1.165, 1.54) is 12.1 Å². The summed E-state index contributed by atoms with van der Waals surface area (Å²) in [6, 6.07) is 4.43. The fraction of sp³-hybridized carbons (Fsp3) is 0.533. The molecule has 0 aliphatic rings. The van der Waals surface area contributed by atoms with E-state index in [9.17, 15) is 14.9 Å². The summed E-state index contributed by atoms with van der Waals surface area (Å²) in [5.74, 6) is -0.270. The number of non-ortho nitro benzene ring substituents is 1. The molecule has 1 rings (SSSR count). The number of alkyl halides is 1. The van der Waals surface area contributed by atoms with Gasteiger partial charge in [0.15, 0.2) is 0 Å².